The van der Waals surface area contributed by atoms with Crippen molar-refractivity contribution in [2.45, 2.75) is 13.8 Å². The summed E-state index contributed by atoms with van der Waals surface area (Å²) in [6, 6.07) is 12.2. The topological polar surface area (TPSA) is 88.7 Å². The van der Waals surface area contributed by atoms with E-state index in [4.69, 9.17) is 21.7 Å². The lowest BCUT2D eigenvalue weighted by Crippen LogP contribution is -2.49. The van der Waals surface area contributed by atoms with E-state index in [1.165, 1.54) is 0 Å². The van der Waals surface area contributed by atoms with E-state index in [1.807, 2.05) is 32.0 Å². The molecule has 0 aliphatic rings. The van der Waals surface area contributed by atoms with Crippen molar-refractivity contribution in [1.29, 1.82) is 0 Å². The molecular formula is C19H21N3O4S. The molecule has 8 heteroatoms. The molecule has 142 valence electrons. The Morgan fingerprint density at radius 3 is 2.37 bits per heavy atom. The van der Waals surface area contributed by atoms with Crippen molar-refractivity contribution in [2.24, 2.45) is 0 Å². The van der Waals surface area contributed by atoms with E-state index in [-0.39, 0.29) is 11.7 Å². The quantitative estimate of drug-likeness (QED) is 0.537. The van der Waals surface area contributed by atoms with Crippen molar-refractivity contribution < 1.29 is 19.1 Å². The first-order valence-corrected chi connectivity index (χ1v) is 8.54. The van der Waals surface area contributed by atoms with E-state index in [0.29, 0.717) is 17.1 Å². The number of hydrazine groups is 1. The molecular weight excluding hydrogens is 366 g/mol. The molecule has 2 aromatic carbocycles. The van der Waals surface area contributed by atoms with Gasteiger partial charge in [0.1, 0.15) is 11.5 Å². The van der Waals surface area contributed by atoms with E-state index in [1.54, 1.807) is 31.4 Å². The lowest BCUT2D eigenvalue weighted by molar-refractivity contribution is -0.123. The predicted molar refractivity (Wildman–Crippen MR) is 106 cm³/mol. The van der Waals surface area contributed by atoms with Gasteiger partial charge in [0.15, 0.2) is 11.7 Å². The molecule has 2 aromatic rings. The Morgan fingerprint density at radius 1 is 1.04 bits per heavy atom. The zero-order valence-corrected chi connectivity index (χ0v) is 16.1. The van der Waals surface area contributed by atoms with Crippen LogP contribution >= 0.6 is 12.2 Å². The van der Waals surface area contributed by atoms with Gasteiger partial charge in [-0.05, 0) is 62.0 Å². The van der Waals surface area contributed by atoms with Gasteiger partial charge in [0.2, 0.25) is 0 Å². The molecule has 3 N–H and O–H groups in total. The molecule has 0 aliphatic heterocycles. The fraction of sp³-hybridized carbons (Fsp3) is 0.211. The number of carbonyl (C=O) groups excluding carboxylic acids is 2. The summed E-state index contributed by atoms with van der Waals surface area (Å²) < 4.78 is 10.5. The molecule has 27 heavy (non-hydrogen) atoms. The monoisotopic (exact) mass is 387 g/mol. The third kappa shape index (κ3) is 6.27. The van der Waals surface area contributed by atoms with Crippen molar-refractivity contribution in [3.8, 4) is 11.5 Å². The van der Waals surface area contributed by atoms with Crippen molar-refractivity contribution >= 4 is 29.1 Å². The normalized spacial score (nSPS) is 9.89. The molecule has 0 radical (unpaired) electrons. The molecule has 7 nitrogen and oxygen atoms in total. The highest BCUT2D eigenvalue weighted by Crippen LogP contribution is 2.18. The lowest BCUT2D eigenvalue weighted by atomic mass is 10.1. The summed E-state index contributed by atoms with van der Waals surface area (Å²) in [4.78, 5) is 23.9. The third-order valence-electron chi connectivity index (χ3n) is 3.58. The number of hydrogen-bond acceptors (Lipinski definition) is 5. The third-order valence-corrected chi connectivity index (χ3v) is 3.79. The van der Waals surface area contributed by atoms with Crippen LogP contribution in [0.2, 0.25) is 0 Å². The van der Waals surface area contributed by atoms with Crippen LogP contribution in [0.1, 0.15) is 21.5 Å². The first-order chi connectivity index (χ1) is 12.9. The van der Waals surface area contributed by atoms with Crippen LogP contribution in [0, 0.1) is 13.8 Å². The summed E-state index contributed by atoms with van der Waals surface area (Å²) in [5, 5.41) is 2.43. The number of ether oxygens (including phenoxy) is 2. The number of amides is 2. The molecule has 2 amide bonds. The van der Waals surface area contributed by atoms with E-state index in [9.17, 15) is 9.59 Å². The van der Waals surface area contributed by atoms with Crippen molar-refractivity contribution in [3.05, 3.63) is 59.2 Å². The van der Waals surface area contributed by atoms with Gasteiger partial charge < -0.3 is 9.47 Å². The summed E-state index contributed by atoms with van der Waals surface area (Å²) in [5.41, 5.74) is 7.29. The summed E-state index contributed by atoms with van der Waals surface area (Å²) in [7, 11) is 1.54. The van der Waals surface area contributed by atoms with Gasteiger partial charge >= 0.3 is 0 Å². The number of thiocarbonyl (C=S) groups is 1. The van der Waals surface area contributed by atoms with Gasteiger partial charge in [-0.2, -0.15) is 0 Å². The number of carbonyl (C=O) groups is 2. The summed E-state index contributed by atoms with van der Waals surface area (Å²) in [6.07, 6.45) is 0. The molecule has 0 spiro atoms. The average molecular weight is 387 g/mol. The Kier molecular flexibility index (Phi) is 7.13. The highest BCUT2D eigenvalue weighted by Gasteiger charge is 2.09. The number of hydrogen-bond donors (Lipinski definition) is 3. The summed E-state index contributed by atoms with van der Waals surface area (Å²) in [5.74, 6) is 0.432. The Balaban J connectivity index is 1.75. The first-order valence-electron chi connectivity index (χ1n) is 8.13. The number of nitrogens with one attached hydrogen (secondary N) is 3. The van der Waals surface area contributed by atoms with E-state index in [2.05, 4.69) is 16.2 Å². The second-order valence-corrected chi connectivity index (χ2v) is 6.15. The minimum atomic E-state index is -0.434. The van der Waals surface area contributed by atoms with Crippen LogP contribution in [0.25, 0.3) is 0 Å². The van der Waals surface area contributed by atoms with Gasteiger partial charge in [-0.25, -0.2) is 0 Å². The van der Waals surface area contributed by atoms with Gasteiger partial charge in [0.05, 0.1) is 7.11 Å². The highest BCUT2D eigenvalue weighted by atomic mass is 32.1. The molecule has 2 rings (SSSR count). The molecule has 0 atom stereocenters. The second kappa shape index (κ2) is 9.54. The molecule has 0 saturated carbocycles. The second-order valence-electron chi connectivity index (χ2n) is 5.74. The van der Waals surface area contributed by atoms with Crippen LogP contribution in [0.4, 0.5) is 0 Å². The molecule has 0 unspecified atom stereocenters. The summed E-state index contributed by atoms with van der Waals surface area (Å²) >= 11 is 4.99. The predicted octanol–water partition coefficient (Wildman–Crippen LogP) is 2.03. The van der Waals surface area contributed by atoms with Crippen LogP contribution in [0.5, 0.6) is 11.5 Å². The number of aryl methyl sites for hydroxylation is 2. The molecule has 0 saturated heterocycles. The molecule has 0 heterocycles. The van der Waals surface area contributed by atoms with Gasteiger partial charge in [-0.15, -0.1) is 0 Å². The number of methoxy groups -OCH3 is 1. The van der Waals surface area contributed by atoms with Crippen molar-refractivity contribution in [3.63, 3.8) is 0 Å². The lowest BCUT2D eigenvalue weighted by Gasteiger charge is -2.12. The van der Waals surface area contributed by atoms with Crippen molar-refractivity contribution in [1.82, 2.24) is 16.2 Å². The van der Waals surface area contributed by atoms with Gasteiger partial charge in [0, 0.05) is 5.56 Å². The Morgan fingerprint density at radius 2 is 1.74 bits per heavy atom. The SMILES string of the molecule is COc1ccc(C(=O)NC(=S)NNC(=O)COc2ccc(C)cc2C)cc1. The smallest absolute Gasteiger partial charge is 0.276 e. The minimum Gasteiger partial charge on any atom is -0.497 e. The van der Waals surface area contributed by atoms with E-state index in [0.717, 1.165) is 11.1 Å². The first kappa shape index (κ1) is 20.2. The maximum absolute atomic E-state index is 12.1. The average Bonchev–Trinajstić information content (AvgIpc) is 2.65. The minimum absolute atomic E-state index is 0.0318. The maximum atomic E-state index is 12.1. The van der Waals surface area contributed by atoms with Gasteiger partial charge in [-0.1, -0.05) is 17.7 Å². The largest absolute Gasteiger partial charge is 0.497 e. The van der Waals surface area contributed by atoms with Crippen LogP contribution in [-0.4, -0.2) is 30.6 Å². The van der Waals surface area contributed by atoms with Crippen LogP contribution < -0.4 is 25.6 Å². The Hall–Kier alpha value is -3.13. The molecule has 0 fully saturated rings. The Labute approximate surface area is 163 Å². The standard InChI is InChI=1S/C19H21N3O4S/c1-12-4-9-16(13(2)10-12)26-11-17(23)21-22-19(27)20-18(24)14-5-7-15(25-3)8-6-14/h4-10H,11H2,1-3H3,(H,21,23)(H2,20,22,24,27). The molecule has 0 aromatic heterocycles. The fourth-order valence-corrected chi connectivity index (χ4v) is 2.36. The molecule has 0 aliphatic carbocycles. The Bertz CT molecular complexity index is 837. The summed E-state index contributed by atoms with van der Waals surface area (Å²) in [6.45, 7) is 3.70. The molecule has 0 bridgehead atoms. The van der Waals surface area contributed by atoms with E-state index >= 15 is 0 Å². The number of benzene rings is 2. The maximum Gasteiger partial charge on any atom is 0.276 e. The van der Waals surface area contributed by atoms with E-state index < -0.39 is 11.8 Å². The van der Waals surface area contributed by atoms with Gasteiger partial charge in [0.25, 0.3) is 11.8 Å². The highest BCUT2D eigenvalue weighted by molar-refractivity contribution is 7.80. The fourth-order valence-electron chi connectivity index (χ4n) is 2.22. The van der Waals surface area contributed by atoms with Crippen LogP contribution in [0.3, 0.4) is 0 Å². The van der Waals surface area contributed by atoms with Gasteiger partial charge in [-0.3, -0.25) is 25.8 Å². The number of rotatable bonds is 5. The zero-order valence-electron chi connectivity index (χ0n) is 15.3. The van der Waals surface area contributed by atoms with Crippen LogP contribution in [-0.2, 0) is 4.79 Å². The zero-order chi connectivity index (χ0) is 19.8. The van der Waals surface area contributed by atoms with Crippen LogP contribution in [0.15, 0.2) is 42.5 Å². The van der Waals surface area contributed by atoms with Crippen molar-refractivity contribution in [2.75, 3.05) is 13.7 Å².